The van der Waals surface area contributed by atoms with E-state index in [9.17, 15) is 13.2 Å². The Balaban J connectivity index is 2.51. The van der Waals surface area contributed by atoms with Gasteiger partial charge in [-0.25, -0.2) is 0 Å². The van der Waals surface area contributed by atoms with E-state index in [-0.39, 0.29) is 11.3 Å². The first-order valence-corrected chi connectivity index (χ1v) is 5.97. The van der Waals surface area contributed by atoms with E-state index in [2.05, 4.69) is 10.2 Å². The Labute approximate surface area is 110 Å². The predicted molar refractivity (Wildman–Crippen MR) is 70.2 cm³/mol. The first kappa shape index (κ1) is 13.3. The van der Waals surface area contributed by atoms with Crippen LogP contribution >= 0.6 is 11.3 Å². The molecule has 0 aliphatic rings. The molecule has 0 spiro atoms. The number of thiophene rings is 1. The van der Waals surface area contributed by atoms with Gasteiger partial charge in [-0.15, -0.1) is 16.4 Å². The smallest absolute Gasteiger partial charge is 0.369 e. The van der Waals surface area contributed by atoms with Gasteiger partial charge in [0.1, 0.15) is 0 Å². The third-order valence-electron chi connectivity index (χ3n) is 2.31. The van der Waals surface area contributed by atoms with Gasteiger partial charge in [-0.2, -0.15) is 18.3 Å². The van der Waals surface area contributed by atoms with Gasteiger partial charge < -0.3 is 11.5 Å². The van der Waals surface area contributed by atoms with Gasteiger partial charge in [0, 0.05) is 21.0 Å². The van der Waals surface area contributed by atoms with Gasteiger partial charge in [0.25, 0.3) is 0 Å². The number of alkyl halides is 3. The molecule has 0 saturated heterocycles. The zero-order chi connectivity index (χ0) is 14.0. The fourth-order valence-corrected chi connectivity index (χ4v) is 2.62. The molecule has 0 aliphatic carbocycles. The van der Waals surface area contributed by atoms with Crippen molar-refractivity contribution in [3.05, 3.63) is 34.7 Å². The Morgan fingerprint density at radius 3 is 2.63 bits per heavy atom. The molecule has 19 heavy (non-hydrogen) atoms. The highest BCUT2D eigenvalue weighted by molar-refractivity contribution is 7.17. The normalized spacial score (nSPS) is 12.2. The number of guanidine groups is 1. The third-order valence-corrected chi connectivity index (χ3v) is 3.35. The molecule has 0 aliphatic heterocycles. The van der Waals surface area contributed by atoms with Gasteiger partial charge in [-0.05, 0) is 0 Å². The summed E-state index contributed by atoms with van der Waals surface area (Å²) in [6, 6.07) is 4.60. The maximum atomic E-state index is 12.8. The number of hydrogen-bond acceptors (Lipinski definition) is 3. The Bertz CT molecular complexity index is 653. The molecule has 0 bridgehead atoms. The summed E-state index contributed by atoms with van der Waals surface area (Å²) >= 11 is 1.00. The largest absolute Gasteiger partial charge is 0.417 e. The van der Waals surface area contributed by atoms with Crippen LogP contribution in [0.3, 0.4) is 0 Å². The van der Waals surface area contributed by atoms with Crippen molar-refractivity contribution in [3.8, 4) is 0 Å². The lowest BCUT2D eigenvalue weighted by Crippen LogP contribution is -2.21. The van der Waals surface area contributed by atoms with Crippen molar-refractivity contribution in [3.63, 3.8) is 0 Å². The molecule has 0 amide bonds. The highest BCUT2D eigenvalue weighted by Gasteiger charge is 2.33. The molecule has 1 aromatic carbocycles. The molecule has 0 atom stereocenters. The summed E-state index contributed by atoms with van der Waals surface area (Å²) in [7, 11) is 0. The molecule has 0 unspecified atom stereocenters. The Morgan fingerprint density at radius 2 is 2.00 bits per heavy atom. The van der Waals surface area contributed by atoms with E-state index < -0.39 is 11.7 Å². The molecular formula is C11H9F3N4S. The van der Waals surface area contributed by atoms with Crippen molar-refractivity contribution in [1.82, 2.24) is 0 Å². The molecule has 4 nitrogen and oxygen atoms in total. The average molecular weight is 286 g/mol. The standard InChI is InChI=1S/C11H9F3N4S/c12-11(13,14)8-5-19-9-6(2-1-3-7(8)9)4-17-18-10(15)16/h1-5H,(H4,15,16,18). The summed E-state index contributed by atoms with van der Waals surface area (Å²) in [6.07, 6.45) is -3.05. The number of rotatable bonds is 2. The van der Waals surface area contributed by atoms with Crippen molar-refractivity contribution >= 4 is 33.6 Å². The van der Waals surface area contributed by atoms with Crippen LogP contribution in [0.2, 0.25) is 0 Å². The Morgan fingerprint density at radius 1 is 1.26 bits per heavy atom. The molecule has 4 N–H and O–H groups in total. The number of fused-ring (bicyclic) bond motifs is 1. The van der Waals surface area contributed by atoms with E-state index in [1.165, 1.54) is 18.3 Å². The van der Waals surface area contributed by atoms with Gasteiger partial charge in [-0.1, -0.05) is 18.2 Å². The lowest BCUT2D eigenvalue weighted by atomic mass is 10.1. The van der Waals surface area contributed by atoms with Gasteiger partial charge >= 0.3 is 6.18 Å². The second-order valence-corrected chi connectivity index (χ2v) is 4.52. The summed E-state index contributed by atoms with van der Waals surface area (Å²) in [5.41, 5.74) is 10.1. The van der Waals surface area contributed by atoms with Crippen molar-refractivity contribution in [2.45, 2.75) is 6.18 Å². The number of nitrogens with two attached hydrogens (primary N) is 2. The minimum absolute atomic E-state index is 0.145. The number of hydrogen-bond donors (Lipinski definition) is 2. The van der Waals surface area contributed by atoms with Crippen LogP contribution in [-0.4, -0.2) is 12.2 Å². The van der Waals surface area contributed by atoms with Crippen LogP contribution in [0.1, 0.15) is 11.1 Å². The number of nitrogens with zero attached hydrogens (tertiary/aromatic N) is 2. The van der Waals surface area contributed by atoms with Crippen molar-refractivity contribution in [2.75, 3.05) is 0 Å². The molecular weight excluding hydrogens is 277 g/mol. The van der Waals surface area contributed by atoms with Crippen LogP contribution in [0.15, 0.2) is 33.8 Å². The monoisotopic (exact) mass is 286 g/mol. The van der Waals surface area contributed by atoms with Crippen molar-refractivity contribution in [2.24, 2.45) is 21.7 Å². The molecule has 1 aromatic heterocycles. The van der Waals surface area contributed by atoms with Crippen LogP contribution in [0.25, 0.3) is 10.1 Å². The van der Waals surface area contributed by atoms with Crippen molar-refractivity contribution < 1.29 is 13.2 Å². The summed E-state index contributed by atoms with van der Waals surface area (Å²) in [6.45, 7) is 0. The molecule has 2 rings (SSSR count). The number of benzene rings is 1. The van der Waals surface area contributed by atoms with E-state index in [0.29, 0.717) is 10.3 Å². The highest BCUT2D eigenvalue weighted by atomic mass is 32.1. The van der Waals surface area contributed by atoms with Gasteiger partial charge in [0.2, 0.25) is 5.96 Å². The maximum absolute atomic E-state index is 12.8. The van der Waals surface area contributed by atoms with Crippen molar-refractivity contribution in [1.29, 1.82) is 0 Å². The predicted octanol–water partition coefficient (Wildman–Crippen LogP) is 2.53. The minimum atomic E-state index is -4.37. The maximum Gasteiger partial charge on any atom is 0.417 e. The summed E-state index contributed by atoms with van der Waals surface area (Å²) in [5.74, 6) is -0.217. The zero-order valence-electron chi connectivity index (χ0n) is 9.48. The van der Waals surface area contributed by atoms with E-state index in [1.54, 1.807) is 6.07 Å². The van der Waals surface area contributed by atoms with Gasteiger partial charge in [-0.3, -0.25) is 0 Å². The van der Waals surface area contributed by atoms with E-state index in [4.69, 9.17) is 11.5 Å². The topological polar surface area (TPSA) is 76.8 Å². The molecule has 0 saturated carbocycles. The Hall–Kier alpha value is -2.09. The minimum Gasteiger partial charge on any atom is -0.369 e. The molecule has 0 fully saturated rings. The summed E-state index contributed by atoms with van der Waals surface area (Å²) < 4.78 is 38.8. The molecule has 2 aromatic rings. The second kappa shape index (κ2) is 4.88. The second-order valence-electron chi connectivity index (χ2n) is 3.64. The summed E-state index contributed by atoms with van der Waals surface area (Å²) in [4.78, 5) is 0. The third kappa shape index (κ3) is 2.84. The molecule has 1 heterocycles. The van der Waals surface area contributed by atoms with Crippen LogP contribution in [-0.2, 0) is 6.18 Å². The van der Waals surface area contributed by atoms with Crippen LogP contribution in [0, 0.1) is 0 Å². The average Bonchev–Trinajstić information content (AvgIpc) is 2.72. The SMILES string of the molecule is NC(N)=NN=Cc1cccc2c(C(F)(F)F)csc12. The molecule has 8 heteroatoms. The highest BCUT2D eigenvalue weighted by Crippen LogP contribution is 2.39. The first-order chi connectivity index (χ1) is 8.89. The van der Waals surface area contributed by atoms with Crippen LogP contribution in [0.5, 0.6) is 0 Å². The fraction of sp³-hybridized carbons (Fsp3) is 0.0909. The fourth-order valence-electron chi connectivity index (χ4n) is 1.56. The van der Waals surface area contributed by atoms with E-state index >= 15 is 0 Å². The quantitative estimate of drug-likeness (QED) is 0.505. The molecule has 0 radical (unpaired) electrons. The number of halogens is 3. The van der Waals surface area contributed by atoms with Gasteiger partial charge in [0.15, 0.2) is 0 Å². The lowest BCUT2D eigenvalue weighted by molar-refractivity contribution is -0.136. The van der Waals surface area contributed by atoms with Crippen LogP contribution < -0.4 is 11.5 Å². The van der Waals surface area contributed by atoms with E-state index in [1.807, 2.05) is 0 Å². The first-order valence-electron chi connectivity index (χ1n) is 5.09. The Kier molecular flexibility index (Phi) is 3.43. The molecule has 100 valence electrons. The van der Waals surface area contributed by atoms with Crippen LogP contribution in [0.4, 0.5) is 13.2 Å². The van der Waals surface area contributed by atoms with Gasteiger partial charge in [0.05, 0.1) is 11.8 Å². The lowest BCUT2D eigenvalue weighted by Gasteiger charge is -2.04. The summed E-state index contributed by atoms with van der Waals surface area (Å²) in [5, 5.41) is 8.24. The zero-order valence-corrected chi connectivity index (χ0v) is 10.3. The van der Waals surface area contributed by atoms with E-state index in [0.717, 1.165) is 16.7 Å².